The maximum Gasteiger partial charge on any atom is 0.143 e. The number of nitrogens with two attached hydrogens (primary N) is 1. The van der Waals surface area contributed by atoms with Gasteiger partial charge in [0.1, 0.15) is 5.84 Å². The molecule has 1 heterocycles. The summed E-state index contributed by atoms with van der Waals surface area (Å²) in [6.07, 6.45) is 2.65. The average Bonchev–Trinajstić information content (AvgIpc) is 2.29. The number of oxime groups is 1. The van der Waals surface area contributed by atoms with Crippen LogP contribution in [0.25, 0.3) is 0 Å². The lowest BCUT2D eigenvalue weighted by Gasteiger charge is -2.33. The van der Waals surface area contributed by atoms with Crippen LogP contribution in [0.2, 0.25) is 0 Å². The molecule has 16 heavy (non-hydrogen) atoms. The first-order chi connectivity index (χ1) is 7.67. The van der Waals surface area contributed by atoms with Crippen molar-refractivity contribution in [2.24, 2.45) is 16.8 Å². The predicted octanol–water partition coefficient (Wildman–Crippen LogP) is 0.870. The SMILES string of the molecule is CCOC1CCCN(CC(C)C(N)=NO)C1. The highest BCUT2D eigenvalue weighted by Gasteiger charge is 2.22. The zero-order valence-corrected chi connectivity index (χ0v) is 10.2. The molecule has 0 bridgehead atoms. The average molecular weight is 229 g/mol. The summed E-state index contributed by atoms with van der Waals surface area (Å²) < 4.78 is 5.63. The van der Waals surface area contributed by atoms with E-state index in [9.17, 15) is 0 Å². The quantitative estimate of drug-likeness (QED) is 0.317. The van der Waals surface area contributed by atoms with Gasteiger partial charge in [-0.1, -0.05) is 12.1 Å². The minimum Gasteiger partial charge on any atom is -0.409 e. The Morgan fingerprint density at radius 3 is 3.06 bits per heavy atom. The van der Waals surface area contributed by atoms with Crippen molar-refractivity contribution in [3.63, 3.8) is 0 Å². The third-order valence-corrected chi connectivity index (χ3v) is 3.02. The minimum absolute atomic E-state index is 0.0883. The Balaban J connectivity index is 2.36. The third kappa shape index (κ3) is 3.98. The van der Waals surface area contributed by atoms with Crippen molar-refractivity contribution in [1.82, 2.24) is 4.90 Å². The van der Waals surface area contributed by atoms with Crippen molar-refractivity contribution >= 4 is 5.84 Å². The zero-order chi connectivity index (χ0) is 12.0. The Hall–Kier alpha value is -0.810. The van der Waals surface area contributed by atoms with Crippen molar-refractivity contribution < 1.29 is 9.94 Å². The highest BCUT2D eigenvalue weighted by atomic mass is 16.5. The summed E-state index contributed by atoms with van der Waals surface area (Å²) in [7, 11) is 0. The molecule has 0 saturated carbocycles. The molecule has 0 radical (unpaired) electrons. The topological polar surface area (TPSA) is 71.1 Å². The van der Waals surface area contributed by atoms with E-state index in [2.05, 4.69) is 10.1 Å². The van der Waals surface area contributed by atoms with Gasteiger partial charge in [-0.2, -0.15) is 0 Å². The molecule has 1 aliphatic heterocycles. The standard InChI is InChI=1S/C11H23N3O2/c1-3-16-10-5-4-6-14(8-10)7-9(2)11(12)13-15/h9-10,15H,3-8H2,1-2H3,(H2,12,13). The number of likely N-dealkylation sites (tertiary alicyclic amines) is 1. The number of hydrogen-bond donors (Lipinski definition) is 2. The lowest BCUT2D eigenvalue weighted by molar-refractivity contribution is 0.00433. The number of rotatable bonds is 5. The van der Waals surface area contributed by atoms with E-state index in [1.165, 1.54) is 0 Å². The third-order valence-electron chi connectivity index (χ3n) is 3.02. The molecule has 0 aromatic carbocycles. The van der Waals surface area contributed by atoms with Crippen LogP contribution in [0.15, 0.2) is 5.16 Å². The lowest BCUT2D eigenvalue weighted by Crippen LogP contribution is -2.43. The second-order valence-electron chi connectivity index (χ2n) is 4.41. The molecule has 5 heteroatoms. The van der Waals surface area contributed by atoms with Gasteiger partial charge < -0.3 is 20.6 Å². The fourth-order valence-corrected chi connectivity index (χ4v) is 2.13. The molecule has 0 amide bonds. The van der Waals surface area contributed by atoms with E-state index in [0.29, 0.717) is 11.9 Å². The highest BCUT2D eigenvalue weighted by molar-refractivity contribution is 5.82. The second kappa shape index (κ2) is 6.70. The van der Waals surface area contributed by atoms with Crippen LogP contribution in [0, 0.1) is 5.92 Å². The fraction of sp³-hybridized carbons (Fsp3) is 0.909. The van der Waals surface area contributed by atoms with Crippen LogP contribution in [-0.4, -0.2) is 48.3 Å². The molecule has 2 atom stereocenters. The molecule has 0 aromatic heterocycles. The van der Waals surface area contributed by atoms with E-state index in [4.69, 9.17) is 15.7 Å². The van der Waals surface area contributed by atoms with Gasteiger partial charge in [-0.3, -0.25) is 0 Å². The molecule has 0 aliphatic carbocycles. The van der Waals surface area contributed by atoms with E-state index in [1.54, 1.807) is 0 Å². The van der Waals surface area contributed by atoms with Gasteiger partial charge in [0, 0.05) is 25.6 Å². The van der Waals surface area contributed by atoms with Crippen LogP contribution in [0.4, 0.5) is 0 Å². The van der Waals surface area contributed by atoms with Crippen molar-refractivity contribution in [3.05, 3.63) is 0 Å². The number of hydrogen-bond acceptors (Lipinski definition) is 4. The molecular formula is C11H23N3O2. The van der Waals surface area contributed by atoms with Crippen LogP contribution in [0.3, 0.4) is 0 Å². The Labute approximate surface area is 97.2 Å². The molecule has 1 aliphatic rings. The summed E-state index contributed by atoms with van der Waals surface area (Å²) in [6.45, 7) is 7.63. The first-order valence-electron chi connectivity index (χ1n) is 5.98. The number of piperidine rings is 1. The van der Waals surface area contributed by atoms with Gasteiger partial charge in [-0.25, -0.2) is 0 Å². The highest BCUT2D eigenvalue weighted by Crippen LogP contribution is 2.14. The normalized spacial score (nSPS) is 25.6. The predicted molar refractivity (Wildman–Crippen MR) is 63.7 cm³/mol. The Kier molecular flexibility index (Phi) is 5.55. The molecule has 0 spiro atoms. The molecule has 5 nitrogen and oxygen atoms in total. The maximum absolute atomic E-state index is 8.59. The zero-order valence-electron chi connectivity index (χ0n) is 10.2. The molecule has 94 valence electrons. The maximum atomic E-state index is 8.59. The van der Waals surface area contributed by atoms with Crippen LogP contribution in [0.1, 0.15) is 26.7 Å². The van der Waals surface area contributed by atoms with Gasteiger partial charge in [-0.05, 0) is 26.3 Å². The molecule has 3 N–H and O–H groups in total. The Morgan fingerprint density at radius 1 is 1.69 bits per heavy atom. The van der Waals surface area contributed by atoms with E-state index in [1.807, 2.05) is 13.8 Å². The fourth-order valence-electron chi connectivity index (χ4n) is 2.13. The molecule has 1 rings (SSSR count). The lowest BCUT2D eigenvalue weighted by atomic mass is 10.1. The monoisotopic (exact) mass is 229 g/mol. The number of ether oxygens (including phenoxy) is 1. The second-order valence-corrected chi connectivity index (χ2v) is 4.41. The van der Waals surface area contributed by atoms with E-state index < -0.39 is 0 Å². The van der Waals surface area contributed by atoms with E-state index in [-0.39, 0.29) is 5.92 Å². The first kappa shape index (κ1) is 13.3. The Morgan fingerprint density at radius 2 is 2.44 bits per heavy atom. The number of amidine groups is 1. The summed E-state index contributed by atoms with van der Waals surface area (Å²) in [6, 6.07) is 0. The first-order valence-corrected chi connectivity index (χ1v) is 5.98. The van der Waals surface area contributed by atoms with Gasteiger partial charge in [0.15, 0.2) is 0 Å². The summed E-state index contributed by atoms with van der Waals surface area (Å²) >= 11 is 0. The smallest absolute Gasteiger partial charge is 0.143 e. The van der Waals surface area contributed by atoms with Crippen molar-refractivity contribution in [3.8, 4) is 0 Å². The van der Waals surface area contributed by atoms with Gasteiger partial charge in [0.05, 0.1) is 6.10 Å². The van der Waals surface area contributed by atoms with Crippen LogP contribution in [-0.2, 0) is 4.74 Å². The molecule has 2 unspecified atom stereocenters. The molecule has 0 aromatic rings. The Bertz CT molecular complexity index is 231. The van der Waals surface area contributed by atoms with Gasteiger partial charge in [0.2, 0.25) is 0 Å². The van der Waals surface area contributed by atoms with E-state index >= 15 is 0 Å². The number of nitrogens with zero attached hydrogens (tertiary/aromatic N) is 2. The molecular weight excluding hydrogens is 206 g/mol. The summed E-state index contributed by atoms with van der Waals surface area (Å²) in [5.41, 5.74) is 5.57. The van der Waals surface area contributed by atoms with Gasteiger partial charge >= 0.3 is 0 Å². The van der Waals surface area contributed by atoms with Crippen LogP contribution >= 0.6 is 0 Å². The van der Waals surface area contributed by atoms with Gasteiger partial charge in [-0.15, -0.1) is 0 Å². The van der Waals surface area contributed by atoms with Crippen molar-refractivity contribution in [1.29, 1.82) is 0 Å². The summed E-state index contributed by atoms with van der Waals surface area (Å²) in [4.78, 5) is 2.33. The summed E-state index contributed by atoms with van der Waals surface area (Å²) in [5, 5.41) is 11.6. The van der Waals surface area contributed by atoms with Crippen molar-refractivity contribution in [2.75, 3.05) is 26.2 Å². The minimum atomic E-state index is 0.0883. The van der Waals surface area contributed by atoms with E-state index in [0.717, 1.165) is 39.1 Å². The summed E-state index contributed by atoms with van der Waals surface area (Å²) in [5.74, 6) is 0.393. The molecule has 1 fully saturated rings. The van der Waals surface area contributed by atoms with Crippen LogP contribution < -0.4 is 5.73 Å². The largest absolute Gasteiger partial charge is 0.409 e. The van der Waals surface area contributed by atoms with Gasteiger partial charge in [0.25, 0.3) is 0 Å². The van der Waals surface area contributed by atoms with Crippen LogP contribution in [0.5, 0.6) is 0 Å². The van der Waals surface area contributed by atoms with Crippen molar-refractivity contribution in [2.45, 2.75) is 32.8 Å². The molecule has 1 saturated heterocycles.